The number of nitrogens with one attached hydrogen (secondary N) is 1. The molecule has 2 aromatic rings. The van der Waals surface area contributed by atoms with E-state index in [0.29, 0.717) is 17.2 Å². The van der Waals surface area contributed by atoms with Gasteiger partial charge in [0.05, 0.1) is 5.56 Å². The predicted molar refractivity (Wildman–Crippen MR) is 111 cm³/mol. The van der Waals surface area contributed by atoms with Crippen LogP contribution < -0.4 is 15.8 Å². The molecule has 0 radical (unpaired) electrons. The summed E-state index contributed by atoms with van der Waals surface area (Å²) in [7, 11) is 0. The molecule has 1 aliphatic rings. The van der Waals surface area contributed by atoms with Gasteiger partial charge in [0.15, 0.2) is 0 Å². The molecule has 3 N–H and O–H groups in total. The minimum absolute atomic E-state index is 0. The van der Waals surface area contributed by atoms with Crippen molar-refractivity contribution in [3.63, 3.8) is 0 Å². The monoisotopic (exact) mass is 461 g/mol. The van der Waals surface area contributed by atoms with Gasteiger partial charge in [0.2, 0.25) is 5.88 Å². The van der Waals surface area contributed by atoms with Crippen LogP contribution in [0.4, 0.5) is 0 Å². The van der Waals surface area contributed by atoms with E-state index in [1.54, 1.807) is 12.1 Å². The highest BCUT2D eigenvalue weighted by molar-refractivity contribution is 9.10. The molecule has 1 aromatic heterocycles. The zero-order valence-corrected chi connectivity index (χ0v) is 17.3. The van der Waals surface area contributed by atoms with Gasteiger partial charge >= 0.3 is 0 Å². The highest BCUT2D eigenvalue weighted by Crippen LogP contribution is 2.22. The Bertz CT molecular complexity index is 691. The summed E-state index contributed by atoms with van der Waals surface area (Å²) in [6.45, 7) is 0. The van der Waals surface area contributed by atoms with Gasteiger partial charge in [0.25, 0.3) is 5.91 Å². The smallest absolute Gasteiger partial charge is 0.253 e. The van der Waals surface area contributed by atoms with Gasteiger partial charge in [-0.1, -0.05) is 15.9 Å². The van der Waals surface area contributed by atoms with E-state index in [4.69, 9.17) is 10.5 Å². The second-order valence-corrected chi connectivity index (χ2v) is 6.94. The zero-order valence-electron chi connectivity index (χ0n) is 14.1. The van der Waals surface area contributed by atoms with Crippen LogP contribution >= 0.6 is 40.7 Å². The van der Waals surface area contributed by atoms with Gasteiger partial charge in [-0.25, -0.2) is 4.98 Å². The standard InChI is InChI=1S/C18H20BrN3O2.2ClH/c19-13-2-8-16(9-3-13)24-17-10-1-12(11-21-17)18(23)22-15-6-4-14(20)5-7-15;;/h1-3,8-11,14-15H,4-7,20H2,(H,22,23);2*1H. The lowest BCUT2D eigenvalue weighted by atomic mass is 9.92. The molecule has 26 heavy (non-hydrogen) atoms. The molecule has 0 saturated heterocycles. The molecule has 3 rings (SSSR count). The Kier molecular flexibility index (Phi) is 9.36. The van der Waals surface area contributed by atoms with E-state index < -0.39 is 0 Å². The minimum atomic E-state index is -0.0989. The van der Waals surface area contributed by atoms with Crippen LogP contribution in [-0.2, 0) is 0 Å². The lowest BCUT2D eigenvalue weighted by Gasteiger charge is -2.26. The number of nitrogens with zero attached hydrogens (tertiary/aromatic N) is 1. The molecule has 0 unspecified atom stereocenters. The number of ether oxygens (including phenoxy) is 1. The number of halogens is 3. The van der Waals surface area contributed by atoms with E-state index in [2.05, 4.69) is 26.2 Å². The summed E-state index contributed by atoms with van der Waals surface area (Å²) < 4.78 is 6.64. The van der Waals surface area contributed by atoms with Crippen LogP contribution in [0.5, 0.6) is 11.6 Å². The average Bonchev–Trinajstić information content (AvgIpc) is 2.59. The fourth-order valence-corrected chi connectivity index (χ4v) is 2.99. The largest absolute Gasteiger partial charge is 0.439 e. The molecule has 1 heterocycles. The highest BCUT2D eigenvalue weighted by Gasteiger charge is 2.20. The van der Waals surface area contributed by atoms with Gasteiger partial charge in [0, 0.05) is 28.8 Å². The number of nitrogens with two attached hydrogens (primary N) is 1. The van der Waals surface area contributed by atoms with Gasteiger partial charge in [-0.05, 0) is 56.0 Å². The molecule has 0 aliphatic heterocycles. The van der Waals surface area contributed by atoms with Crippen molar-refractivity contribution in [3.8, 4) is 11.6 Å². The number of benzene rings is 1. The molecule has 0 atom stereocenters. The maximum absolute atomic E-state index is 12.3. The Labute approximate surface area is 174 Å². The number of aromatic nitrogens is 1. The van der Waals surface area contributed by atoms with Crippen molar-refractivity contribution in [1.82, 2.24) is 10.3 Å². The molecule has 5 nitrogen and oxygen atoms in total. The van der Waals surface area contributed by atoms with E-state index in [9.17, 15) is 4.79 Å². The summed E-state index contributed by atoms with van der Waals surface area (Å²) in [5.41, 5.74) is 6.42. The van der Waals surface area contributed by atoms with Gasteiger partial charge in [-0.15, -0.1) is 24.8 Å². The van der Waals surface area contributed by atoms with E-state index in [-0.39, 0.29) is 42.8 Å². The third-order valence-electron chi connectivity index (χ3n) is 4.14. The molecule has 8 heteroatoms. The van der Waals surface area contributed by atoms with Crippen molar-refractivity contribution in [2.45, 2.75) is 37.8 Å². The van der Waals surface area contributed by atoms with E-state index in [1.807, 2.05) is 24.3 Å². The number of amides is 1. The van der Waals surface area contributed by atoms with Crippen molar-refractivity contribution in [2.75, 3.05) is 0 Å². The predicted octanol–water partition coefficient (Wildman–Crippen LogP) is 4.48. The number of pyridine rings is 1. The molecule has 0 spiro atoms. The lowest BCUT2D eigenvalue weighted by Crippen LogP contribution is -2.40. The maximum Gasteiger partial charge on any atom is 0.253 e. The first-order valence-electron chi connectivity index (χ1n) is 8.06. The summed E-state index contributed by atoms with van der Waals surface area (Å²) in [5, 5.41) is 3.05. The van der Waals surface area contributed by atoms with Crippen molar-refractivity contribution < 1.29 is 9.53 Å². The van der Waals surface area contributed by atoms with E-state index in [1.165, 1.54) is 6.20 Å². The minimum Gasteiger partial charge on any atom is -0.439 e. The fraction of sp³-hybridized carbons (Fsp3) is 0.333. The molecule has 1 aromatic carbocycles. The molecular formula is C18H22BrCl2N3O2. The van der Waals surface area contributed by atoms with Crippen LogP contribution in [0, 0.1) is 0 Å². The van der Waals surface area contributed by atoms with Crippen LogP contribution in [0.15, 0.2) is 47.1 Å². The quantitative estimate of drug-likeness (QED) is 0.702. The molecular weight excluding hydrogens is 441 g/mol. The zero-order chi connectivity index (χ0) is 16.9. The molecule has 142 valence electrons. The summed E-state index contributed by atoms with van der Waals surface area (Å²) in [5.74, 6) is 1.05. The number of rotatable bonds is 4. The Hall–Kier alpha value is -1.34. The first kappa shape index (κ1) is 22.7. The van der Waals surface area contributed by atoms with Gasteiger partial charge in [0.1, 0.15) is 5.75 Å². The summed E-state index contributed by atoms with van der Waals surface area (Å²) in [6.07, 6.45) is 5.33. The highest BCUT2D eigenvalue weighted by atomic mass is 79.9. The van der Waals surface area contributed by atoms with Gasteiger partial charge < -0.3 is 15.8 Å². The van der Waals surface area contributed by atoms with Crippen molar-refractivity contribution in [3.05, 3.63) is 52.6 Å². The normalized spacial score (nSPS) is 18.8. The van der Waals surface area contributed by atoms with Crippen molar-refractivity contribution in [1.29, 1.82) is 0 Å². The average molecular weight is 463 g/mol. The molecule has 1 fully saturated rings. The van der Waals surface area contributed by atoms with Crippen molar-refractivity contribution in [2.24, 2.45) is 5.73 Å². The maximum atomic E-state index is 12.3. The van der Waals surface area contributed by atoms with Crippen LogP contribution in [0.3, 0.4) is 0 Å². The molecule has 1 aliphatic carbocycles. The topological polar surface area (TPSA) is 77.2 Å². The van der Waals surface area contributed by atoms with Crippen molar-refractivity contribution >= 4 is 46.7 Å². The SMILES string of the molecule is Cl.Cl.NC1CCC(NC(=O)c2ccc(Oc3ccc(Br)cc3)nc2)CC1. The molecule has 0 bridgehead atoms. The summed E-state index contributed by atoms with van der Waals surface area (Å²) >= 11 is 3.38. The third kappa shape index (κ3) is 6.43. The number of hydrogen-bond donors (Lipinski definition) is 2. The third-order valence-corrected chi connectivity index (χ3v) is 4.67. The molecule has 1 saturated carbocycles. The van der Waals surface area contributed by atoms with Crippen LogP contribution in [0.1, 0.15) is 36.0 Å². The van der Waals surface area contributed by atoms with Crippen LogP contribution in [-0.4, -0.2) is 23.0 Å². The number of hydrogen-bond acceptors (Lipinski definition) is 4. The first-order valence-corrected chi connectivity index (χ1v) is 8.85. The van der Waals surface area contributed by atoms with E-state index >= 15 is 0 Å². The first-order chi connectivity index (χ1) is 11.6. The van der Waals surface area contributed by atoms with Crippen LogP contribution in [0.2, 0.25) is 0 Å². The Balaban J connectivity index is 0.00000169. The number of carbonyl (C=O) groups is 1. The lowest BCUT2D eigenvalue weighted by molar-refractivity contribution is 0.0925. The number of carbonyl (C=O) groups excluding carboxylic acids is 1. The second-order valence-electron chi connectivity index (χ2n) is 6.03. The fourth-order valence-electron chi connectivity index (χ4n) is 2.73. The second kappa shape index (κ2) is 10.7. The Morgan fingerprint density at radius 1 is 1.08 bits per heavy atom. The van der Waals surface area contributed by atoms with E-state index in [0.717, 1.165) is 30.2 Å². The summed E-state index contributed by atoms with van der Waals surface area (Å²) in [4.78, 5) is 16.5. The Morgan fingerprint density at radius 3 is 2.31 bits per heavy atom. The van der Waals surface area contributed by atoms with Crippen LogP contribution in [0.25, 0.3) is 0 Å². The summed E-state index contributed by atoms with van der Waals surface area (Å²) in [6, 6.07) is 11.4. The van der Waals surface area contributed by atoms with Gasteiger partial charge in [-0.3, -0.25) is 4.79 Å². The van der Waals surface area contributed by atoms with Gasteiger partial charge in [-0.2, -0.15) is 0 Å². The Morgan fingerprint density at radius 2 is 1.73 bits per heavy atom. The molecule has 1 amide bonds.